The van der Waals surface area contributed by atoms with Gasteiger partial charge in [-0.3, -0.25) is 40.2 Å². The van der Waals surface area contributed by atoms with E-state index in [0.29, 0.717) is 37.3 Å². The number of rotatable bonds is 15. The minimum absolute atomic E-state index is 0.0377. The van der Waals surface area contributed by atoms with Crippen molar-refractivity contribution in [2.24, 2.45) is 65.7 Å². The molecule has 0 saturated heterocycles. The zero-order chi connectivity index (χ0) is 33.1. The molecule has 14 nitrogen and oxygen atoms in total. The minimum Gasteiger partial charge on any atom is -0.370 e. The summed E-state index contributed by atoms with van der Waals surface area (Å²) in [4.78, 5) is 41.6. The van der Waals surface area contributed by atoms with Crippen LogP contribution >= 0.6 is 0 Å². The van der Waals surface area contributed by atoms with Crippen LogP contribution in [0.15, 0.2) is 67.1 Å². The third-order valence-electron chi connectivity index (χ3n) is 7.02. The predicted octanol–water partition coefficient (Wildman–Crippen LogP) is 0.767. The van der Waals surface area contributed by atoms with Crippen LogP contribution in [0.1, 0.15) is 66.2 Å². The maximum atomic E-state index is 12.8. The Labute approximate surface area is 261 Å². The molecule has 0 fully saturated rings. The highest BCUT2D eigenvalue weighted by molar-refractivity contribution is 6.05. The molecule has 0 aromatic rings. The van der Waals surface area contributed by atoms with Gasteiger partial charge < -0.3 is 34.4 Å². The number of carbonyl (C=O) groups is 2. The Morgan fingerprint density at radius 2 is 1.27 bits per heavy atom. The summed E-state index contributed by atoms with van der Waals surface area (Å²) in [5.74, 6) is -0.445. The van der Waals surface area contributed by atoms with Crippen molar-refractivity contribution in [1.82, 2.24) is 10.6 Å². The Bertz CT molecular complexity index is 1220. The zero-order valence-corrected chi connectivity index (χ0v) is 26.6. The minimum atomic E-state index is -0.335. The van der Waals surface area contributed by atoms with E-state index >= 15 is 0 Å². The Morgan fingerprint density at radius 3 is 1.75 bits per heavy atom. The van der Waals surface area contributed by atoms with Crippen molar-refractivity contribution in [1.29, 1.82) is 0 Å². The van der Waals surface area contributed by atoms with E-state index in [2.05, 4.69) is 56.6 Å². The molecule has 0 aromatic heterocycles. The molecule has 0 aromatic carbocycles. The zero-order valence-electron chi connectivity index (χ0n) is 26.6. The Morgan fingerprint density at radius 1 is 0.818 bits per heavy atom. The van der Waals surface area contributed by atoms with Gasteiger partial charge in [-0.05, 0) is 64.7 Å². The monoisotopic (exact) mass is 612 g/mol. The molecule has 1 rings (SSSR count). The van der Waals surface area contributed by atoms with Crippen LogP contribution in [0.3, 0.4) is 0 Å². The quantitative estimate of drug-likeness (QED) is 0.0326. The topological polar surface area (TPSA) is 264 Å². The van der Waals surface area contributed by atoms with Crippen LogP contribution in [-0.2, 0) is 9.59 Å². The van der Waals surface area contributed by atoms with Gasteiger partial charge in [0.05, 0.1) is 0 Å². The van der Waals surface area contributed by atoms with Crippen molar-refractivity contribution in [3.63, 3.8) is 0 Å². The molecule has 2 unspecified atom stereocenters. The molecule has 0 radical (unpaired) electrons. The highest BCUT2D eigenvalue weighted by Crippen LogP contribution is 2.42. The van der Waals surface area contributed by atoms with E-state index in [0.717, 1.165) is 38.5 Å². The van der Waals surface area contributed by atoms with E-state index < -0.39 is 0 Å². The normalized spacial score (nSPS) is 19.7. The van der Waals surface area contributed by atoms with Gasteiger partial charge in [-0.25, -0.2) is 0 Å². The van der Waals surface area contributed by atoms with Gasteiger partial charge in [-0.1, -0.05) is 42.9 Å². The van der Waals surface area contributed by atoms with E-state index in [1.807, 2.05) is 12.2 Å². The molecule has 0 heterocycles. The van der Waals surface area contributed by atoms with Gasteiger partial charge in [-0.2, -0.15) is 0 Å². The number of amides is 2. The van der Waals surface area contributed by atoms with Gasteiger partial charge in [0, 0.05) is 43.2 Å². The van der Waals surface area contributed by atoms with Gasteiger partial charge in [0.2, 0.25) is 0 Å². The van der Waals surface area contributed by atoms with Crippen molar-refractivity contribution in [2.75, 3.05) is 26.2 Å². The molecule has 14 heteroatoms. The van der Waals surface area contributed by atoms with E-state index in [9.17, 15) is 9.59 Å². The van der Waals surface area contributed by atoms with E-state index in [1.165, 1.54) is 5.57 Å². The summed E-state index contributed by atoms with van der Waals surface area (Å²) in [7, 11) is 0. The van der Waals surface area contributed by atoms with Crippen molar-refractivity contribution in [3.05, 3.63) is 47.1 Å². The first-order chi connectivity index (χ1) is 20.7. The molecule has 0 spiro atoms. The maximum absolute atomic E-state index is 12.8. The Hall–Kier alpha value is -4.62. The van der Waals surface area contributed by atoms with Crippen LogP contribution in [0.2, 0.25) is 0 Å². The number of nitrogens with two attached hydrogens (primary N) is 6. The fraction of sp³-hybridized carbons (Fsp3) is 0.533. The molecule has 244 valence electrons. The fourth-order valence-corrected chi connectivity index (χ4v) is 4.25. The SMILES string of the molecule is CC1=CC(C=C(C)C(=O)NC(N)=NCCCCN=C(N)N)C(C)(C=CC=C(C)C(=O)NC(N)=NCCCCN=C(N)N)CC1. The molecular formula is C30H52N12O2. The fourth-order valence-electron chi connectivity index (χ4n) is 4.25. The molecule has 2 atom stereocenters. The van der Waals surface area contributed by atoms with Crippen LogP contribution in [0, 0.1) is 11.3 Å². The molecule has 14 N–H and O–H groups in total. The summed E-state index contributed by atoms with van der Waals surface area (Å²) in [6.07, 6.45) is 14.6. The number of hydrogen-bond acceptors (Lipinski definition) is 6. The van der Waals surface area contributed by atoms with Gasteiger partial charge >= 0.3 is 0 Å². The van der Waals surface area contributed by atoms with Crippen molar-refractivity contribution in [2.45, 2.75) is 66.2 Å². The third kappa shape index (κ3) is 15.6. The first kappa shape index (κ1) is 37.4. The summed E-state index contributed by atoms with van der Waals surface area (Å²) in [5, 5.41) is 5.26. The molecule has 0 bridgehead atoms. The largest absolute Gasteiger partial charge is 0.370 e. The molecule has 0 saturated carbocycles. The molecular weight excluding hydrogens is 560 g/mol. The summed E-state index contributed by atoms with van der Waals surface area (Å²) >= 11 is 0. The lowest BCUT2D eigenvalue weighted by Crippen LogP contribution is -2.38. The first-order valence-electron chi connectivity index (χ1n) is 14.8. The van der Waals surface area contributed by atoms with Crippen molar-refractivity contribution < 1.29 is 9.59 Å². The smallest absolute Gasteiger partial charge is 0.253 e. The van der Waals surface area contributed by atoms with Gasteiger partial charge in [0.15, 0.2) is 23.8 Å². The summed E-state index contributed by atoms with van der Waals surface area (Å²) in [5.41, 5.74) is 35.0. The number of aliphatic imine (C=N–C) groups is 4. The van der Waals surface area contributed by atoms with E-state index in [-0.39, 0.29) is 47.0 Å². The number of allylic oxidation sites excluding steroid dienone is 6. The second-order valence-electron chi connectivity index (χ2n) is 11.1. The standard InChI is InChI=1S/C30H52N12O2/c1-20-11-13-30(4,12-9-10-21(2)24(43)41-28(35)39-16-7-5-14-37-26(31)32)23(18-20)19-22(3)25(44)42-29(36)40-17-8-6-15-38-27(33)34/h9-10,12,18-19,23H,5-8,11,13-17H2,1-4H3,(H4,31,32,37)(H4,33,34,38)(H3,35,39,41,43)(H3,36,40,42,44). The molecule has 0 aliphatic heterocycles. The first-order valence-corrected chi connectivity index (χ1v) is 14.8. The summed E-state index contributed by atoms with van der Waals surface area (Å²) in [6.45, 7) is 9.62. The number of guanidine groups is 4. The average molecular weight is 613 g/mol. The Kier molecular flexibility index (Phi) is 16.6. The van der Waals surface area contributed by atoms with Crippen LogP contribution in [-0.4, -0.2) is 61.8 Å². The molecule has 44 heavy (non-hydrogen) atoms. The van der Waals surface area contributed by atoms with Crippen molar-refractivity contribution in [3.8, 4) is 0 Å². The lowest BCUT2D eigenvalue weighted by molar-refractivity contribution is -0.117. The number of hydrogen-bond donors (Lipinski definition) is 8. The Balaban J connectivity index is 2.79. The van der Waals surface area contributed by atoms with Crippen molar-refractivity contribution >= 4 is 35.7 Å². The van der Waals surface area contributed by atoms with E-state index in [1.54, 1.807) is 19.9 Å². The molecule has 2 amide bonds. The lowest BCUT2D eigenvalue weighted by atomic mass is 9.68. The predicted molar refractivity (Wildman–Crippen MR) is 180 cm³/mol. The number of unbranched alkanes of at least 4 members (excludes halogenated alkanes) is 2. The second kappa shape index (κ2) is 19.5. The van der Waals surface area contributed by atoms with Crippen LogP contribution in [0.25, 0.3) is 0 Å². The van der Waals surface area contributed by atoms with Crippen LogP contribution in [0.5, 0.6) is 0 Å². The lowest BCUT2D eigenvalue weighted by Gasteiger charge is -2.36. The average Bonchev–Trinajstić information content (AvgIpc) is 2.94. The summed E-state index contributed by atoms with van der Waals surface area (Å²) in [6, 6.07) is 0. The third-order valence-corrected chi connectivity index (χ3v) is 7.02. The molecule has 1 aliphatic rings. The second-order valence-corrected chi connectivity index (χ2v) is 11.1. The van der Waals surface area contributed by atoms with E-state index in [4.69, 9.17) is 34.4 Å². The number of nitrogens with zero attached hydrogens (tertiary/aromatic N) is 4. The molecule has 1 aliphatic carbocycles. The van der Waals surface area contributed by atoms with Gasteiger partial charge in [-0.15, -0.1) is 0 Å². The summed E-state index contributed by atoms with van der Waals surface area (Å²) < 4.78 is 0. The van der Waals surface area contributed by atoms with Gasteiger partial charge in [0.1, 0.15) is 0 Å². The highest BCUT2D eigenvalue weighted by Gasteiger charge is 2.32. The van der Waals surface area contributed by atoms with Crippen LogP contribution < -0.4 is 45.0 Å². The number of nitrogens with one attached hydrogen (secondary N) is 2. The highest BCUT2D eigenvalue weighted by atomic mass is 16.2. The maximum Gasteiger partial charge on any atom is 0.253 e. The van der Waals surface area contributed by atoms with Gasteiger partial charge in [0.25, 0.3) is 11.8 Å². The number of carbonyl (C=O) groups excluding carboxylic acids is 2. The van der Waals surface area contributed by atoms with Crippen LogP contribution in [0.4, 0.5) is 0 Å².